The third-order valence-electron chi connectivity index (χ3n) is 1.01. The van der Waals surface area contributed by atoms with Gasteiger partial charge in [0.1, 0.15) is 0 Å². The summed E-state index contributed by atoms with van der Waals surface area (Å²) in [6.45, 7) is 4.28. The molecule has 49 valence electrons. The fourth-order valence-corrected chi connectivity index (χ4v) is 1.43. The third kappa shape index (κ3) is 2.14. The van der Waals surface area contributed by atoms with Crippen LogP contribution in [0.25, 0.3) is 0 Å². The lowest BCUT2D eigenvalue weighted by Crippen LogP contribution is -1.86. The van der Waals surface area contributed by atoms with Crippen LogP contribution < -0.4 is 0 Å². The molecule has 1 nitrogen and oxygen atoms in total. The second-order valence-corrected chi connectivity index (χ2v) is 3.32. The molecule has 1 rings (SSSR count). The SMILES string of the molecule is C[C](C)Cc1cncs1. The smallest absolute Gasteiger partial charge is 0.0794 e. The van der Waals surface area contributed by atoms with E-state index >= 15 is 0 Å². The molecule has 0 spiro atoms. The first-order valence-corrected chi connectivity index (χ1v) is 3.83. The van der Waals surface area contributed by atoms with Crippen molar-refractivity contribution in [2.75, 3.05) is 0 Å². The molecule has 0 N–H and O–H groups in total. The van der Waals surface area contributed by atoms with E-state index in [0.29, 0.717) is 0 Å². The lowest BCUT2D eigenvalue weighted by Gasteiger charge is -1.97. The van der Waals surface area contributed by atoms with Crippen LogP contribution in [0.4, 0.5) is 0 Å². The van der Waals surface area contributed by atoms with Gasteiger partial charge in [-0.15, -0.1) is 11.3 Å². The van der Waals surface area contributed by atoms with Crippen LogP contribution in [0.5, 0.6) is 0 Å². The van der Waals surface area contributed by atoms with E-state index in [9.17, 15) is 0 Å². The van der Waals surface area contributed by atoms with Crippen molar-refractivity contribution >= 4 is 11.3 Å². The van der Waals surface area contributed by atoms with Crippen LogP contribution in [0.15, 0.2) is 11.7 Å². The summed E-state index contributed by atoms with van der Waals surface area (Å²) in [6.07, 6.45) is 3.02. The maximum Gasteiger partial charge on any atom is 0.0794 e. The van der Waals surface area contributed by atoms with Crippen molar-refractivity contribution < 1.29 is 0 Å². The molecular weight excluding hydrogens is 130 g/mol. The fraction of sp³-hybridized carbons (Fsp3) is 0.429. The van der Waals surface area contributed by atoms with E-state index in [-0.39, 0.29) is 0 Å². The van der Waals surface area contributed by atoms with E-state index in [4.69, 9.17) is 0 Å². The van der Waals surface area contributed by atoms with Crippen molar-refractivity contribution in [2.24, 2.45) is 0 Å². The van der Waals surface area contributed by atoms with Gasteiger partial charge in [0.2, 0.25) is 0 Å². The average molecular weight is 140 g/mol. The van der Waals surface area contributed by atoms with Crippen molar-refractivity contribution in [1.82, 2.24) is 4.98 Å². The Hall–Kier alpha value is -0.370. The molecule has 0 unspecified atom stereocenters. The molecular formula is C7H10NS. The van der Waals surface area contributed by atoms with Crippen LogP contribution in [-0.2, 0) is 6.42 Å². The molecule has 0 aliphatic rings. The van der Waals surface area contributed by atoms with Gasteiger partial charge in [0.15, 0.2) is 0 Å². The molecule has 0 fully saturated rings. The number of thiazole rings is 1. The molecule has 1 aromatic rings. The second kappa shape index (κ2) is 2.97. The monoisotopic (exact) mass is 140 g/mol. The van der Waals surface area contributed by atoms with Crippen LogP contribution in [-0.4, -0.2) is 4.98 Å². The van der Waals surface area contributed by atoms with E-state index in [1.54, 1.807) is 11.3 Å². The molecule has 0 atom stereocenters. The van der Waals surface area contributed by atoms with Gasteiger partial charge in [0, 0.05) is 11.1 Å². The summed E-state index contributed by atoms with van der Waals surface area (Å²) in [4.78, 5) is 5.34. The molecule has 0 amide bonds. The van der Waals surface area contributed by atoms with E-state index in [0.717, 1.165) is 6.42 Å². The minimum absolute atomic E-state index is 1.09. The summed E-state index contributed by atoms with van der Waals surface area (Å²) in [5.41, 5.74) is 1.87. The molecule has 0 saturated carbocycles. The molecule has 9 heavy (non-hydrogen) atoms. The first-order valence-electron chi connectivity index (χ1n) is 2.95. The number of hydrogen-bond acceptors (Lipinski definition) is 2. The maximum atomic E-state index is 3.98. The van der Waals surface area contributed by atoms with Crippen molar-refractivity contribution in [3.05, 3.63) is 22.5 Å². The van der Waals surface area contributed by atoms with Crippen LogP contribution in [0, 0.1) is 5.92 Å². The van der Waals surface area contributed by atoms with Gasteiger partial charge in [0.25, 0.3) is 0 Å². The molecule has 0 aliphatic heterocycles. The molecule has 1 heterocycles. The minimum Gasteiger partial charge on any atom is -0.253 e. The Morgan fingerprint density at radius 2 is 2.44 bits per heavy atom. The highest BCUT2D eigenvalue weighted by Crippen LogP contribution is 2.12. The Balaban J connectivity index is 2.48. The van der Waals surface area contributed by atoms with E-state index < -0.39 is 0 Å². The van der Waals surface area contributed by atoms with Gasteiger partial charge < -0.3 is 0 Å². The normalized spacial score (nSPS) is 10.6. The number of hydrogen-bond donors (Lipinski definition) is 0. The summed E-state index contributed by atoms with van der Waals surface area (Å²) >= 11 is 1.72. The zero-order chi connectivity index (χ0) is 6.69. The van der Waals surface area contributed by atoms with E-state index in [1.165, 1.54) is 10.8 Å². The Kier molecular flexibility index (Phi) is 2.22. The summed E-state index contributed by atoms with van der Waals surface area (Å²) in [5.74, 6) is 1.44. The lowest BCUT2D eigenvalue weighted by molar-refractivity contribution is 0.970. The van der Waals surface area contributed by atoms with Gasteiger partial charge in [-0.2, -0.15) is 0 Å². The first kappa shape index (κ1) is 6.75. The summed E-state index contributed by atoms with van der Waals surface area (Å²) in [6, 6.07) is 0. The topological polar surface area (TPSA) is 12.9 Å². The quantitative estimate of drug-likeness (QED) is 0.614. The van der Waals surface area contributed by atoms with Crippen molar-refractivity contribution in [1.29, 1.82) is 0 Å². The van der Waals surface area contributed by atoms with E-state index in [1.807, 2.05) is 11.7 Å². The molecule has 1 aromatic heterocycles. The average Bonchev–Trinajstić information content (AvgIpc) is 2.15. The lowest BCUT2D eigenvalue weighted by atomic mass is 10.1. The number of aromatic nitrogens is 1. The molecule has 0 aromatic carbocycles. The Bertz CT molecular complexity index is 155. The molecule has 2 heteroatoms. The Morgan fingerprint density at radius 1 is 1.67 bits per heavy atom. The summed E-state index contributed by atoms with van der Waals surface area (Å²) in [7, 11) is 0. The predicted molar refractivity (Wildman–Crippen MR) is 40.4 cm³/mol. The van der Waals surface area contributed by atoms with Gasteiger partial charge in [-0.25, -0.2) is 0 Å². The van der Waals surface area contributed by atoms with Crippen LogP contribution >= 0.6 is 11.3 Å². The largest absolute Gasteiger partial charge is 0.253 e. The highest BCUT2D eigenvalue weighted by Gasteiger charge is 1.97. The molecule has 0 bridgehead atoms. The van der Waals surface area contributed by atoms with Gasteiger partial charge in [-0.1, -0.05) is 13.8 Å². The molecule has 0 saturated heterocycles. The third-order valence-corrected chi connectivity index (χ3v) is 1.79. The minimum atomic E-state index is 1.09. The Labute approximate surface area is 59.8 Å². The van der Waals surface area contributed by atoms with Crippen LogP contribution in [0.3, 0.4) is 0 Å². The van der Waals surface area contributed by atoms with Crippen LogP contribution in [0.2, 0.25) is 0 Å². The highest BCUT2D eigenvalue weighted by atomic mass is 32.1. The van der Waals surface area contributed by atoms with Crippen molar-refractivity contribution in [3.63, 3.8) is 0 Å². The molecule has 0 aliphatic carbocycles. The van der Waals surface area contributed by atoms with Crippen LogP contribution in [0.1, 0.15) is 18.7 Å². The number of nitrogens with zero attached hydrogens (tertiary/aromatic N) is 1. The first-order chi connectivity index (χ1) is 4.29. The van der Waals surface area contributed by atoms with Gasteiger partial charge in [-0.05, 0) is 12.3 Å². The second-order valence-electron chi connectivity index (χ2n) is 2.35. The zero-order valence-corrected chi connectivity index (χ0v) is 6.53. The maximum absolute atomic E-state index is 3.98. The van der Waals surface area contributed by atoms with Gasteiger partial charge >= 0.3 is 0 Å². The zero-order valence-electron chi connectivity index (χ0n) is 5.72. The standard InChI is InChI=1S/C7H10NS/c1-6(2)3-7-4-8-5-9-7/h4-5H,3H2,1-2H3. The predicted octanol–water partition coefficient (Wildman–Crippen LogP) is 2.30. The van der Waals surface area contributed by atoms with Crippen molar-refractivity contribution in [2.45, 2.75) is 20.3 Å². The fourth-order valence-electron chi connectivity index (χ4n) is 0.678. The van der Waals surface area contributed by atoms with Gasteiger partial charge in [-0.3, -0.25) is 4.98 Å². The van der Waals surface area contributed by atoms with E-state index in [2.05, 4.69) is 18.8 Å². The summed E-state index contributed by atoms with van der Waals surface area (Å²) in [5, 5.41) is 0. The Morgan fingerprint density at radius 3 is 2.89 bits per heavy atom. The number of rotatable bonds is 2. The summed E-state index contributed by atoms with van der Waals surface area (Å²) < 4.78 is 0. The highest BCUT2D eigenvalue weighted by molar-refractivity contribution is 7.09. The molecule has 1 radical (unpaired) electrons. The van der Waals surface area contributed by atoms with Crippen molar-refractivity contribution in [3.8, 4) is 0 Å². The van der Waals surface area contributed by atoms with Gasteiger partial charge in [0.05, 0.1) is 5.51 Å².